The van der Waals surface area contributed by atoms with Gasteiger partial charge in [0.25, 0.3) is 0 Å². The van der Waals surface area contributed by atoms with E-state index in [0.29, 0.717) is 25.3 Å². The molecule has 1 fully saturated rings. The molecule has 0 unspecified atom stereocenters. The number of nitrogens with zero attached hydrogens (tertiary/aromatic N) is 4. The summed E-state index contributed by atoms with van der Waals surface area (Å²) < 4.78 is 33.5. The number of benzene rings is 1. The molecule has 0 bridgehead atoms. The van der Waals surface area contributed by atoms with Crippen LogP contribution >= 0.6 is 0 Å². The highest BCUT2D eigenvalue weighted by Gasteiger charge is 2.36. The Morgan fingerprint density at radius 1 is 1.23 bits per heavy atom. The molecule has 0 saturated carbocycles. The number of rotatable bonds is 5. The molecule has 1 N–H and O–H groups in total. The third-order valence-electron chi connectivity index (χ3n) is 5.96. The fourth-order valence-corrected chi connectivity index (χ4v) is 5.98. The zero-order valence-electron chi connectivity index (χ0n) is 18.0. The van der Waals surface area contributed by atoms with Crippen LogP contribution in [0.2, 0.25) is 0 Å². The second-order valence-corrected chi connectivity index (χ2v) is 10.0. The minimum atomic E-state index is -3.65. The molecule has 0 amide bonds. The zero-order chi connectivity index (χ0) is 21.5. The Morgan fingerprint density at radius 3 is 2.77 bits per heavy atom. The van der Waals surface area contributed by atoms with Gasteiger partial charge in [-0.05, 0) is 38.1 Å². The maximum Gasteiger partial charge on any atom is 0.246 e. The number of likely N-dealkylation sites (N-methyl/N-ethyl adjacent to an activating group) is 1. The summed E-state index contributed by atoms with van der Waals surface area (Å²) in [7, 11) is 1.80. The van der Waals surface area contributed by atoms with Crippen LogP contribution in [0.1, 0.15) is 35.0 Å². The molecule has 8 nitrogen and oxygen atoms in total. The SMILES string of the molecule is CNc1nc([C@H]2CCN(S(=O)(=O)c3cc(C)ccc3OC)C2)nc2c1CN(C)CC2. The van der Waals surface area contributed by atoms with Crippen LogP contribution in [0, 0.1) is 6.92 Å². The van der Waals surface area contributed by atoms with Gasteiger partial charge in [-0.1, -0.05) is 6.07 Å². The molecule has 2 aromatic rings. The number of nitrogens with one attached hydrogen (secondary N) is 1. The molecular weight excluding hydrogens is 402 g/mol. The van der Waals surface area contributed by atoms with Gasteiger partial charge in [-0.15, -0.1) is 0 Å². The average molecular weight is 432 g/mol. The molecule has 0 aliphatic carbocycles. The van der Waals surface area contributed by atoms with E-state index in [1.165, 1.54) is 11.4 Å². The highest BCUT2D eigenvalue weighted by atomic mass is 32.2. The molecule has 1 atom stereocenters. The molecular formula is C21H29N5O3S. The number of sulfonamides is 1. The number of methoxy groups -OCH3 is 1. The molecule has 2 aliphatic rings. The van der Waals surface area contributed by atoms with E-state index in [0.717, 1.165) is 48.0 Å². The predicted octanol–water partition coefficient (Wildman–Crippen LogP) is 2.00. The van der Waals surface area contributed by atoms with Gasteiger partial charge in [0.15, 0.2) is 0 Å². The van der Waals surface area contributed by atoms with Gasteiger partial charge in [-0.25, -0.2) is 18.4 Å². The van der Waals surface area contributed by atoms with E-state index in [1.807, 2.05) is 20.0 Å². The standard InChI is InChI=1S/C21H29N5O3S/c1-14-5-6-18(29-4)19(11-14)30(27,28)26-10-7-15(12-26)20-23-17-8-9-25(3)13-16(17)21(22-2)24-20/h5-6,11,15H,7-10,12-13H2,1-4H3,(H,22,23,24)/t15-/m0/s1. The van der Waals surface area contributed by atoms with Crippen LogP contribution in [-0.4, -0.2) is 68.4 Å². The van der Waals surface area contributed by atoms with E-state index in [4.69, 9.17) is 14.7 Å². The van der Waals surface area contributed by atoms with Gasteiger partial charge in [-0.3, -0.25) is 0 Å². The number of ether oxygens (including phenoxy) is 1. The third-order valence-corrected chi connectivity index (χ3v) is 7.84. The topological polar surface area (TPSA) is 87.7 Å². The van der Waals surface area contributed by atoms with Crippen molar-refractivity contribution in [2.24, 2.45) is 0 Å². The molecule has 0 radical (unpaired) electrons. The summed E-state index contributed by atoms with van der Waals surface area (Å²) in [5, 5.41) is 3.20. The van der Waals surface area contributed by atoms with Crippen LogP contribution in [-0.2, 0) is 23.0 Å². The smallest absolute Gasteiger partial charge is 0.246 e. The Balaban J connectivity index is 1.62. The molecule has 9 heteroatoms. The van der Waals surface area contributed by atoms with Crippen molar-refractivity contribution >= 4 is 15.8 Å². The first kappa shape index (κ1) is 21.0. The molecule has 30 heavy (non-hydrogen) atoms. The van der Waals surface area contributed by atoms with Crippen LogP contribution in [0.25, 0.3) is 0 Å². The molecule has 162 valence electrons. The van der Waals surface area contributed by atoms with E-state index in [2.05, 4.69) is 17.3 Å². The van der Waals surface area contributed by atoms with Crippen molar-refractivity contribution in [2.75, 3.05) is 46.2 Å². The number of anilines is 1. The van der Waals surface area contributed by atoms with Crippen molar-refractivity contribution < 1.29 is 13.2 Å². The summed E-state index contributed by atoms with van der Waals surface area (Å²) in [5.74, 6) is 1.93. The maximum absolute atomic E-state index is 13.3. The third kappa shape index (κ3) is 3.77. The molecule has 1 aromatic carbocycles. The van der Waals surface area contributed by atoms with Crippen molar-refractivity contribution in [1.29, 1.82) is 0 Å². The Hall–Kier alpha value is -2.23. The van der Waals surface area contributed by atoms with Crippen LogP contribution < -0.4 is 10.1 Å². The van der Waals surface area contributed by atoms with Crippen LogP contribution in [0.4, 0.5) is 5.82 Å². The number of aryl methyl sites for hydroxylation is 1. The van der Waals surface area contributed by atoms with Gasteiger partial charge >= 0.3 is 0 Å². The molecule has 3 heterocycles. The van der Waals surface area contributed by atoms with Gasteiger partial charge in [0, 0.05) is 51.1 Å². The minimum Gasteiger partial charge on any atom is -0.495 e. The van der Waals surface area contributed by atoms with E-state index in [-0.39, 0.29) is 10.8 Å². The number of hydrogen-bond donors (Lipinski definition) is 1. The predicted molar refractivity (Wildman–Crippen MR) is 115 cm³/mol. The Morgan fingerprint density at radius 2 is 2.03 bits per heavy atom. The summed E-state index contributed by atoms with van der Waals surface area (Å²) in [4.78, 5) is 12.1. The highest BCUT2D eigenvalue weighted by Crippen LogP contribution is 2.34. The first-order chi connectivity index (χ1) is 14.3. The summed E-state index contributed by atoms with van der Waals surface area (Å²) >= 11 is 0. The quantitative estimate of drug-likeness (QED) is 0.775. The van der Waals surface area contributed by atoms with E-state index in [1.54, 1.807) is 12.1 Å². The van der Waals surface area contributed by atoms with E-state index in [9.17, 15) is 8.42 Å². The average Bonchev–Trinajstić information content (AvgIpc) is 3.24. The lowest BCUT2D eigenvalue weighted by Crippen LogP contribution is -2.30. The van der Waals surface area contributed by atoms with Crippen molar-refractivity contribution in [3.8, 4) is 5.75 Å². The fourth-order valence-electron chi connectivity index (χ4n) is 4.24. The Labute approximate surface area is 178 Å². The van der Waals surface area contributed by atoms with Crippen LogP contribution in [0.15, 0.2) is 23.1 Å². The van der Waals surface area contributed by atoms with Gasteiger partial charge < -0.3 is 15.0 Å². The molecule has 2 aliphatic heterocycles. The number of fused-ring (bicyclic) bond motifs is 1. The molecule has 4 rings (SSSR count). The summed E-state index contributed by atoms with van der Waals surface area (Å²) in [6.45, 7) is 4.49. The lowest BCUT2D eigenvalue weighted by molar-refractivity contribution is 0.309. The first-order valence-electron chi connectivity index (χ1n) is 10.2. The van der Waals surface area contributed by atoms with Crippen molar-refractivity contribution in [1.82, 2.24) is 19.2 Å². The number of hydrogen-bond acceptors (Lipinski definition) is 7. The summed E-state index contributed by atoms with van der Waals surface area (Å²) in [5.41, 5.74) is 3.10. The van der Waals surface area contributed by atoms with Crippen molar-refractivity contribution in [2.45, 2.75) is 37.1 Å². The van der Waals surface area contributed by atoms with Gasteiger partial charge in [0.2, 0.25) is 10.0 Å². The Kier molecular flexibility index (Phi) is 5.69. The second kappa shape index (κ2) is 8.13. The van der Waals surface area contributed by atoms with Crippen LogP contribution in [0.3, 0.4) is 0 Å². The van der Waals surface area contributed by atoms with Gasteiger partial charge in [0.1, 0.15) is 22.3 Å². The van der Waals surface area contributed by atoms with Gasteiger partial charge in [-0.2, -0.15) is 4.31 Å². The van der Waals surface area contributed by atoms with Crippen LogP contribution in [0.5, 0.6) is 5.75 Å². The Bertz CT molecular complexity index is 1040. The second-order valence-electron chi connectivity index (χ2n) is 8.10. The fraction of sp³-hybridized carbons (Fsp3) is 0.524. The molecule has 1 aromatic heterocycles. The monoisotopic (exact) mass is 431 g/mol. The van der Waals surface area contributed by atoms with Crippen molar-refractivity contribution in [3.63, 3.8) is 0 Å². The molecule has 0 spiro atoms. The zero-order valence-corrected chi connectivity index (χ0v) is 18.8. The van der Waals surface area contributed by atoms with Gasteiger partial charge in [0.05, 0.1) is 12.8 Å². The first-order valence-corrected chi connectivity index (χ1v) is 11.7. The summed E-state index contributed by atoms with van der Waals surface area (Å²) in [6, 6.07) is 5.23. The highest BCUT2D eigenvalue weighted by molar-refractivity contribution is 7.89. The lowest BCUT2D eigenvalue weighted by atomic mass is 10.0. The van der Waals surface area contributed by atoms with Crippen molar-refractivity contribution in [3.05, 3.63) is 40.8 Å². The normalized spacial score (nSPS) is 20.2. The number of aromatic nitrogens is 2. The largest absolute Gasteiger partial charge is 0.495 e. The van der Waals surface area contributed by atoms with E-state index < -0.39 is 10.0 Å². The minimum absolute atomic E-state index is 0.0207. The molecule has 1 saturated heterocycles. The summed E-state index contributed by atoms with van der Waals surface area (Å²) in [6.07, 6.45) is 1.58. The lowest BCUT2D eigenvalue weighted by Gasteiger charge is -2.26. The van der Waals surface area contributed by atoms with E-state index >= 15 is 0 Å². The maximum atomic E-state index is 13.3.